The summed E-state index contributed by atoms with van der Waals surface area (Å²) in [6, 6.07) is 5.78. The summed E-state index contributed by atoms with van der Waals surface area (Å²) >= 11 is 0. The van der Waals surface area contributed by atoms with Gasteiger partial charge in [-0.15, -0.1) is 0 Å². The molecule has 86 valence electrons. The molecule has 0 spiro atoms. The van der Waals surface area contributed by atoms with E-state index in [1.54, 1.807) is 17.0 Å². The first-order chi connectivity index (χ1) is 7.66. The van der Waals surface area contributed by atoms with Crippen LogP contribution in [0.5, 0.6) is 0 Å². The normalized spacial score (nSPS) is 20.9. The van der Waals surface area contributed by atoms with Gasteiger partial charge in [0.1, 0.15) is 5.82 Å². The lowest BCUT2D eigenvalue weighted by molar-refractivity contribution is -0.0124. The van der Waals surface area contributed by atoms with Crippen LogP contribution in [0.25, 0.3) is 0 Å². The summed E-state index contributed by atoms with van der Waals surface area (Å²) in [6.45, 7) is 3.60. The van der Waals surface area contributed by atoms with Crippen LogP contribution in [0.1, 0.15) is 17.3 Å². The molecule has 0 aliphatic carbocycles. The summed E-state index contributed by atoms with van der Waals surface area (Å²) in [5, 5.41) is 0. The van der Waals surface area contributed by atoms with Gasteiger partial charge in [-0.2, -0.15) is 0 Å². The van der Waals surface area contributed by atoms with Crippen molar-refractivity contribution in [2.24, 2.45) is 0 Å². The van der Waals surface area contributed by atoms with Crippen LogP contribution in [0.3, 0.4) is 0 Å². The number of rotatable bonds is 1. The molecule has 0 N–H and O–H groups in total. The van der Waals surface area contributed by atoms with E-state index in [2.05, 4.69) is 0 Å². The maximum atomic E-state index is 13.0. The Balaban J connectivity index is 2.12. The van der Waals surface area contributed by atoms with Crippen molar-refractivity contribution in [1.82, 2.24) is 4.90 Å². The van der Waals surface area contributed by atoms with Crippen molar-refractivity contribution in [2.75, 3.05) is 19.7 Å². The molecule has 1 aromatic carbocycles. The van der Waals surface area contributed by atoms with Gasteiger partial charge >= 0.3 is 0 Å². The molecular formula is C12H14FNO2. The lowest BCUT2D eigenvalue weighted by atomic mass is 10.1. The Bertz CT molecular complexity index is 394. The zero-order valence-electron chi connectivity index (χ0n) is 9.15. The smallest absolute Gasteiger partial charge is 0.254 e. The van der Waals surface area contributed by atoms with E-state index < -0.39 is 0 Å². The predicted molar refractivity (Wildman–Crippen MR) is 57.7 cm³/mol. The van der Waals surface area contributed by atoms with Gasteiger partial charge in [0.2, 0.25) is 0 Å². The second-order valence-corrected chi connectivity index (χ2v) is 3.94. The molecular weight excluding hydrogens is 209 g/mol. The van der Waals surface area contributed by atoms with Gasteiger partial charge < -0.3 is 9.64 Å². The summed E-state index contributed by atoms with van der Waals surface area (Å²) in [5.74, 6) is -0.512. The Kier molecular flexibility index (Phi) is 3.19. The van der Waals surface area contributed by atoms with Gasteiger partial charge in [0.25, 0.3) is 5.91 Å². The average Bonchev–Trinajstić information content (AvgIpc) is 2.28. The third-order valence-corrected chi connectivity index (χ3v) is 2.60. The van der Waals surface area contributed by atoms with Gasteiger partial charge in [-0.1, -0.05) is 6.07 Å². The summed E-state index contributed by atoms with van der Waals surface area (Å²) in [6.07, 6.45) is 0.0475. The number of carbonyl (C=O) groups excluding carboxylic acids is 1. The molecule has 3 nitrogen and oxygen atoms in total. The van der Waals surface area contributed by atoms with Gasteiger partial charge in [0, 0.05) is 18.7 Å². The Morgan fingerprint density at radius 2 is 2.38 bits per heavy atom. The Labute approximate surface area is 93.8 Å². The molecule has 0 radical (unpaired) electrons. The molecule has 1 unspecified atom stereocenters. The van der Waals surface area contributed by atoms with Gasteiger partial charge in [-0.3, -0.25) is 4.79 Å². The van der Waals surface area contributed by atoms with Crippen molar-refractivity contribution >= 4 is 5.91 Å². The van der Waals surface area contributed by atoms with Crippen LogP contribution in [0.4, 0.5) is 4.39 Å². The molecule has 2 rings (SSSR count). The van der Waals surface area contributed by atoms with Crippen LogP contribution in [0, 0.1) is 5.82 Å². The van der Waals surface area contributed by atoms with Crippen LogP contribution in [0.15, 0.2) is 24.3 Å². The molecule has 1 aliphatic heterocycles. The van der Waals surface area contributed by atoms with Gasteiger partial charge in [-0.05, 0) is 25.1 Å². The molecule has 1 fully saturated rings. The fraction of sp³-hybridized carbons (Fsp3) is 0.417. The maximum Gasteiger partial charge on any atom is 0.254 e. The van der Waals surface area contributed by atoms with E-state index in [0.29, 0.717) is 25.3 Å². The van der Waals surface area contributed by atoms with Crippen LogP contribution in [-0.4, -0.2) is 36.6 Å². The Hall–Kier alpha value is -1.42. The number of amides is 1. The molecule has 1 atom stereocenters. The summed E-state index contributed by atoms with van der Waals surface area (Å²) < 4.78 is 18.3. The second kappa shape index (κ2) is 4.61. The molecule has 1 amide bonds. The molecule has 16 heavy (non-hydrogen) atoms. The predicted octanol–water partition coefficient (Wildman–Crippen LogP) is 1.69. The van der Waals surface area contributed by atoms with E-state index in [1.807, 2.05) is 6.92 Å². The van der Waals surface area contributed by atoms with Crippen molar-refractivity contribution in [3.05, 3.63) is 35.6 Å². The van der Waals surface area contributed by atoms with Crippen molar-refractivity contribution in [2.45, 2.75) is 13.0 Å². The van der Waals surface area contributed by atoms with E-state index >= 15 is 0 Å². The zero-order valence-corrected chi connectivity index (χ0v) is 9.15. The molecule has 0 saturated carbocycles. The monoisotopic (exact) mass is 223 g/mol. The number of morpholine rings is 1. The van der Waals surface area contributed by atoms with Gasteiger partial charge in [-0.25, -0.2) is 4.39 Å². The quantitative estimate of drug-likeness (QED) is 0.725. The minimum absolute atomic E-state index is 0.0475. The molecule has 0 bridgehead atoms. The van der Waals surface area contributed by atoms with Gasteiger partial charge in [0.15, 0.2) is 0 Å². The van der Waals surface area contributed by atoms with Crippen LogP contribution < -0.4 is 0 Å². The van der Waals surface area contributed by atoms with E-state index in [9.17, 15) is 9.18 Å². The first-order valence-corrected chi connectivity index (χ1v) is 5.33. The summed E-state index contributed by atoms with van der Waals surface area (Å²) in [5.41, 5.74) is 0.397. The number of ether oxygens (including phenoxy) is 1. The largest absolute Gasteiger partial charge is 0.375 e. The number of benzene rings is 1. The van der Waals surface area contributed by atoms with E-state index in [1.165, 1.54) is 12.1 Å². The highest BCUT2D eigenvalue weighted by atomic mass is 19.1. The highest BCUT2D eigenvalue weighted by molar-refractivity contribution is 5.94. The lowest BCUT2D eigenvalue weighted by Gasteiger charge is -2.31. The van der Waals surface area contributed by atoms with E-state index in [4.69, 9.17) is 4.74 Å². The molecule has 0 aromatic heterocycles. The van der Waals surface area contributed by atoms with Crippen LogP contribution >= 0.6 is 0 Å². The fourth-order valence-electron chi connectivity index (χ4n) is 1.81. The Morgan fingerprint density at radius 3 is 3.06 bits per heavy atom. The molecule has 1 saturated heterocycles. The standard InChI is InChI=1S/C12H14FNO2/c1-9-8-14(5-6-16-9)12(15)10-3-2-4-11(13)7-10/h2-4,7,9H,5-6,8H2,1H3. The topological polar surface area (TPSA) is 29.5 Å². The highest BCUT2D eigenvalue weighted by Gasteiger charge is 2.22. The number of nitrogens with zero attached hydrogens (tertiary/aromatic N) is 1. The summed E-state index contributed by atoms with van der Waals surface area (Å²) in [4.78, 5) is 13.7. The van der Waals surface area contributed by atoms with Crippen molar-refractivity contribution in [1.29, 1.82) is 0 Å². The maximum absolute atomic E-state index is 13.0. The molecule has 1 heterocycles. The van der Waals surface area contributed by atoms with Gasteiger partial charge in [0.05, 0.1) is 12.7 Å². The first kappa shape index (κ1) is 11.1. The molecule has 1 aromatic rings. The van der Waals surface area contributed by atoms with E-state index in [0.717, 1.165) is 0 Å². The third-order valence-electron chi connectivity index (χ3n) is 2.60. The SMILES string of the molecule is CC1CN(C(=O)c2cccc(F)c2)CCO1. The third kappa shape index (κ3) is 2.39. The van der Waals surface area contributed by atoms with Crippen molar-refractivity contribution in [3.8, 4) is 0 Å². The zero-order chi connectivity index (χ0) is 11.5. The molecule has 1 aliphatic rings. The van der Waals surface area contributed by atoms with Crippen molar-refractivity contribution in [3.63, 3.8) is 0 Å². The second-order valence-electron chi connectivity index (χ2n) is 3.94. The number of hydrogen-bond acceptors (Lipinski definition) is 2. The Morgan fingerprint density at radius 1 is 1.56 bits per heavy atom. The number of halogens is 1. The first-order valence-electron chi connectivity index (χ1n) is 5.33. The minimum Gasteiger partial charge on any atom is -0.375 e. The van der Waals surface area contributed by atoms with Crippen molar-refractivity contribution < 1.29 is 13.9 Å². The lowest BCUT2D eigenvalue weighted by Crippen LogP contribution is -2.44. The molecule has 4 heteroatoms. The fourth-order valence-corrected chi connectivity index (χ4v) is 1.81. The van der Waals surface area contributed by atoms with Crippen LogP contribution in [-0.2, 0) is 4.74 Å². The highest BCUT2D eigenvalue weighted by Crippen LogP contribution is 2.11. The van der Waals surface area contributed by atoms with Crippen LogP contribution in [0.2, 0.25) is 0 Å². The number of hydrogen-bond donors (Lipinski definition) is 0. The number of carbonyl (C=O) groups is 1. The minimum atomic E-state index is -0.382. The summed E-state index contributed by atoms with van der Waals surface area (Å²) in [7, 11) is 0. The average molecular weight is 223 g/mol. The van der Waals surface area contributed by atoms with E-state index in [-0.39, 0.29) is 17.8 Å².